The third kappa shape index (κ3) is 5.43. The van der Waals surface area contributed by atoms with Gasteiger partial charge in [-0.15, -0.1) is 0 Å². The SMILES string of the molecule is CC(C)Oc1ccccc1-c1ccc(CCNC(=O)c2ccc3c(c2)[C@]2(C)CCN(CC4CC4)[C@H](C3)[C@@H]2C)cc1. The van der Waals surface area contributed by atoms with Gasteiger partial charge in [-0.1, -0.05) is 62.4 Å². The average molecular weight is 537 g/mol. The van der Waals surface area contributed by atoms with Gasteiger partial charge in [0.05, 0.1) is 6.10 Å². The summed E-state index contributed by atoms with van der Waals surface area (Å²) in [5, 5.41) is 3.18. The fraction of sp³-hybridized carbons (Fsp3) is 0.472. The average Bonchev–Trinajstić information content (AvgIpc) is 3.77. The number of likely N-dealkylation sites (tertiary alicyclic amines) is 1. The van der Waals surface area contributed by atoms with Gasteiger partial charge in [0.25, 0.3) is 5.91 Å². The number of benzene rings is 3. The van der Waals surface area contributed by atoms with Crippen LogP contribution in [0.3, 0.4) is 0 Å². The second-order valence-corrected chi connectivity index (χ2v) is 12.9. The number of piperidine rings is 1. The lowest BCUT2D eigenvalue weighted by atomic mass is 9.59. The number of hydrogen-bond acceptors (Lipinski definition) is 3. The normalized spacial score (nSPS) is 24.0. The van der Waals surface area contributed by atoms with Crippen molar-refractivity contribution in [1.29, 1.82) is 0 Å². The van der Waals surface area contributed by atoms with Crippen LogP contribution in [0, 0.1) is 11.8 Å². The van der Waals surface area contributed by atoms with Crippen molar-refractivity contribution in [2.24, 2.45) is 11.8 Å². The first-order valence-electron chi connectivity index (χ1n) is 15.3. The first-order chi connectivity index (χ1) is 19.3. The highest BCUT2D eigenvalue weighted by Gasteiger charge is 2.49. The second-order valence-electron chi connectivity index (χ2n) is 12.9. The monoisotopic (exact) mass is 536 g/mol. The number of hydrogen-bond donors (Lipinski definition) is 1. The minimum Gasteiger partial charge on any atom is -0.490 e. The number of fused-ring (bicyclic) bond motifs is 4. The molecule has 2 bridgehead atoms. The van der Waals surface area contributed by atoms with Gasteiger partial charge in [0, 0.05) is 30.3 Å². The van der Waals surface area contributed by atoms with E-state index in [1.54, 1.807) is 0 Å². The maximum atomic E-state index is 13.2. The molecule has 6 rings (SSSR count). The lowest BCUT2D eigenvalue weighted by molar-refractivity contribution is 0.0284. The topological polar surface area (TPSA) is 41.6 Å². The first kappa shape index (κ1) is 27.1. The molecule has 0 radical (unpaired) electrons. The van der Waals surface area contributed by atoms with Gasteiger partial charge in [-0.2, -0.15) is 0 Å². The molecule has 3 aromatic carbocycles. The number of ether oxygens (including phenoxy) is 1. The van der Waals surface area contributed by atoms with Gasteiger partial charge in [0.2, 0.25) is 0 Å². The van der Waals surface area contributed by atoms with Crippen LogP contribution in [0.25, 0.3) is 11.1 Å². The van der Waals surface area contributed by atoms with Crippen molar-refractivity contribution in [3.05, 3.63) is 89.0 Å². The van der Waals surface area contributed by atoms with Crippen LogP contribution < -0.4 is 10.1 Å². The molecule has 1 heterocycles. The maximum absolute atomic E-state index is 13.2. The Kier molecular flexibility index (Phi) is 7.48. The van der Waals surface area contributed by atoms with Crippen molar-refractivity contribution in [2.45, 2.75) is 77.4 Å². The number of para-hydroxylation sites is 1. The number of carbonyl (C=O) groups is 1. The smallest absolute Gasteiger partial charge is 0.251 e. The van der Waals surface area contributed by atoms with Crippen molar-refractivity contribution in [3.63, 3.8) is 0 Å². The van der Waals surface area contributed by atoms with E-state index in [0.29, 0.717) is 18.5 Å². The minimum absolute atomic E-state index is 0.0312. The van der Waals surface area contributed by atoms with Crippen LogP contribution in [-0.2, 0) is 18.3 Å². The van der Waals surface area contributed by atoms with Crippen LogP contribution in [-0.4, -0.2) is 42.6 Å². The van der Waals surface area contributed by atoms with Gasteiger partial charge in [0.1, 0.15) is 5.75 Å². The lowest BCUT2D eigenvalue weighted by Gasteiger charge is -2.55. The van der Waals surface area contributed by atoms with Crippen LogP contribution >= 0.6 is 0 Å². The molecule has 1 N–H and O–H groups in total. The Morgan fingerprint density at radius 2 is 1.85 bits per heavy atom. The third-order valence-corrected chi connectivity index (χ3v) is 9.79. The molecule has 3 aromatic rings. The molecule has 3 atom stereocenters. The molecule has 4 nitrogen and oxygen atoms in total. The van der Waals surface area contributed by atoms with Gasteiger partial charge in [-0.05, 0) is 110 Å². The third-order valence-electron chi connectivity index (χ3n) is 9.79. The minimum atomic E-state index is 0.0312. The van der Waals surface area contributed by atoms with Crippen LogP contribution in [0.4, 0.5) is 0 Å². The van der Waals surface area contributed by atoms with Crippen molar-refractivity contribution < 1.29 is 9.53 Å². The molecular weight excluding hydrogens is 492 g/mol. The van der Waals surface area contributed by atoms with E-state index in [9.17, 15) is 4.79 Å². The highest BCUT2D eigenvalue weighted by atomic mass is 16.5. The van der Waals surface area contributed by atoms with Gasteiger partial charge in [-0.3, -0.25) is 9.69 Å². The summed E-state index contributed by atoms with van der Waals surface area (Å²) in [5.74, 6) is 2.48. The molecule has 0 unspecified atom stereocenters. The number of carbonyl (C=O) groups excluding carboxylic acids is 1. The zero-order chi connectivity index (χ0) is 27.9. The van der Waals surface area contributed by atoms with E-state index in [1.165, 1.54) is 49.0 Å². The number of amides is 1. The predicted octanol–water partition coefficient (Wildman–Crippen LogP) is 7.05. The zero-order valence-electron chi connectivity index (χ0n) is 24.6. The van der Waals surface area contributed by atoms with Crippen molar-refractivity contribution in [2.75, 3.05) is 19.6 Å². The van der Waals surface area contributed by atoms with Gasteiger partial charge in [-0.25, -0.2) is 0 Å². The molecule has 1 amide bonds. The molecule has 210 valence electrons. The molecule has 4 heteroatoms. The van der Waals surface area contributed by atoms with Gasteiger partial charge >= 0.3 is 0 Å². The Morgan fingerprint density at radius 1 is 1.07 bits per heavy atom. The Labute approximate surface area is 240 Å². The lowest BCUT2D eigenvalue weighted by Crippen LogP contribution is -2.58. The van der Waals surface area contributed by atoms with E-state index in [-0.39, 0.29) is 17.4 Å². The Balaban J connectivity index is 1.08. The summed E-state index contributed by atoms with van der Waals surface area (Å²) < 4.78 is 6.00. The largest absolute Gasteiger partial charge is 0.490 e. The van der Waals surface area contributed by atoms with Crippen LogP contribution in [0.2, 0.25) is 0 Å². The fourth-order valence-corrected chi connectivity index (χ4v) is 7.04. The van der Waals surface area contributed by atoms with E-state index in [1.807, 2.05) is 38.1 Å². The van der Waals surface area contributed by atoms with Crippen LogP contribution in [0.5, 0.6) is 5.75 Å². The number of nitrogens with one attached hydrogen (secondary N) is 1. The van der Waals surface area contributed by atoms with Crippen molar-refractivity contribution >= 4 is 5.91 Å². The standard InChI is InChI=1S/C36H44N2O2/c1-24(2)40-34-8-6-5-7-31(34)28-13-11-26(12-14-28)17-19-37-35(39)30-16-15-29-22-33-25(3)36(4,32(29)21-30)18-20-38(33)23-27-9-10-27/h5-8,11-16,21,24-25,27,33H,9-10,17-20,22-23H2,1-4H3,(H,37,39)/t25-,33+,36+/m0/s1. The molecule has 0 aromatic heterocycles. The van der Waals surface area contributed by atoms with Crippen LogP contribution in [0.1, 0.15) is 74.0 Å². The maximum Gasteiger partial charge on any atom is 0.251 e. The summed E-state index contributed by atoms with van der Waals surface area (Å²) in [5.41, 5.74) is 7.25. The number of rotatable bonds is 9. The first-order valence-corrected chi connectivity index (χ1v) is 15.3. The van der Waals surface area contributed by atoms with E-state index in [4.69, 9.17) is 4.74 Å². The molecule has 1 saturated heterocycles. The summed E-state index contributed by atoms with van der Waals surface area (Å²) in [4.78, 5) is 16.0. The van der Waals surface area contributed by atoms with Gasteiger partial charge < -0.3 is 10.1 Å². The summed E-state index contributed by atoms with van der Waals surface area (Å²) in [6, 6.07) is 23.9. The molecule has 2 aliphatic carbocycles. The van der Waals surface area contributed by atoms with E-state index in [2.05, 4.69) is 66.5 Å². The summed E-state index contributed by atoms with van der Waals surface area (Å²) >= 11 is 0. The highest BCUT2D eigenvalue weighted by molar-refractivity contribution is 5.94. The van der Waals surface area contributed by atoms with Crippen LogP contribution in [0.15, 0.2) is 66.7 Å². The molecule has 3 aliphatic rings. The van der Waals surface area contributed by atoms with Crippen molar-refractivity contribution in [3.8, 4) is 16.9 Å². The van der Waals surface area contributed by atoms with Gasteiger partial charge in [0.15, 0.2) is 0 Å². The molecule has 40 heavy (non-hydrogen) atoms. The zero-order valence-corrected chi connectivity index (χ0v) is 24.6. The molecule has 1 aliphatic heterocycles. The highest BCUT2D eigenvalue weighted by Crippen LogP contribution is 2.49. The molecule has 2 fully saturated rings. The summed E-state index contributed by atoms with van der Waals surface area (Å²) in [6.07, 6.45) is 6.06. The van der Waals surface area contributed by atoms with E-state index < -0.39 is 0 Å². The molecular formula is C36H44N2O2. The quantitative estimate of drug-likeness (QED) is 0.319. The van der Waals surface area contributed by atoms with Crippen molar-refractivity contribution in [1.82, 2.24) is 10.2 Å². The predicted molar refractivity (Wildman–Crippen MR) is 163 cm³/mol. The molecule has 0 spiro atoms. The van der Waals surface area contributed by atoms with E-state index in [0.717, 1.165) is 41.2 Å². The summed E-state index contributed by atoms with van der Waals surface area (Å²) in [6.45, 7) is 12.1. The fourth-order valence-electron chi connectivity index (χ4n) is 7.04. The van der Waals surface area contributed by atoms with E-state index >= 15 is 0 Å². The molecule has 1 saturated carbocycles. The Bertz CT molecular complexity index is 1360. The number of nitrogens with zero attached hydrogens (tertiary/aromatic N) is 1. The second kappa shape index (κ2) is 11.0. The Morgan fingerprint density at radius 3 is 2.60 bits per heavy atom. The Hall–Kier alpha value is -3.11. The summed E-state index contributed by atoms with van der Waals surface area (Å²) in [7, 11) is 0.